The van der Waals surface area contributed by atoms with Crippen LogP contribution in [0.25, 0.3) is 0 Å². The molecule has 2 aromatic carbocycles. The van der Waals surface area contributed by atoms with Gasteiger partial charge in [0.25, 0.3) is 11.8 Å². The van der Waals surface area contributed by atoms with Gasteiger partial charge >= 0.3 is 0 Å². The van der Waals surface area contributed by atoms with Crippen molar-refractivity contribution in [3.05, 3.63) is 64.7 Å². The molecule has 2 aromatic rings. The van der Waals surface area contributed by atoms with Crippen molar-refractivity contribution in [3.8, 4) is 0 Å². The van der Waals surface area contributed by atoms with Crippen LogP contribution in [0.5, 0.6) is 0 Å². The summed E-state index contributed by atoms with van der Waals surface area (Å²) < 4.78 is 0. The average Bonchev–Trinajstić information content (AvgIpc) is 2.99. The van der Waals surface area contributed by atoms with Crippen LogP contribution in [-0.2, 0) is 4.79 Å². The molecule has 2 aliphatic heterocycles. The molecule has 1 unspecified atom stereocenters. The number of amides is 2. The number of nitrogens with zero attached hydrogens (tertiary/aromatic N) is 3. The zero-order valence-electron chi connectivity index (χ0n) is 16.2. The number of piperazine rings is 1. The fraction of sp³-hybridized carbons (Fsp3) is 0.318. The van der Waals surface area contributed by atoms with Crippen molar-refractivity contribution in [3.63, 3.8) is 0 Å². The van der Waals surface area contributed by atoms with E-state index >= 15 is 0 Å². The Kier molecular flexibility index (Phi) is 5.39. The van der Waals surface area contributed by atoms with Crippen LogP contribution < -0.4 is 4.90 Å². The molecule has 0 spiro atoms. The molecule has 1 saturated heterocycles. The van der Waals surface area contributed by atoms with Gasteiger partial charge in [0.1, 0.15) is 0 Å². The Morgan fingerprint density at radius 3 is 2.03 bits per heavy atom. The number of Topliss-reactive ketones (excluding diaryl/α,β-unsaturated/α-hetero) is 1. The number of carbonyl (C=O) groups is 3. The van der Waals surface area contributed by atoms with Crippen LogP contribution in [0, 0.1) is 0 Å². The van der Waals surface area contributed by atoms with E-state index in [0.717, 1.165) is 36.8 Å². The van der Waals surface area contributed by atoms with Crippen molar-refractivity contribution in [2.75, 3.05) is 37.6 Å². The second-order valence-electron chi connectivity index (χ2n) is 7.41. The number of hydrogen-bond acceptors (Lipinski definition) is 5. The summed E-state index contributed by atoms with van der Waals surface area (Å²) >= 11 is 5.95. The molecule has 2 amide bonds. The van der Waals surface area contributed by atoms with Gasteiger partial charge in [0.05, 0.1) is 23.7 Å². The Morgan fingerprint density at radius 2 is 1.48 bits per heavy atom. The van der Waals surface area contributed by atoms with Crippen molar-refractivity contribution < 1.29 is 14.4 Å². The maximum Gasteiger partial charge on any atom is 0.262 e. The Hall–Kier alpha value is -2.70. The van der Waals surface area contributed by atoms with Crippen LogP contribution in [0.15, 0.2) is 48.5 Å². The molecular weight excluding hydrogens is 390 g/mol. The van der Waals surface area contributed by atoms with Crippen LogP contribution in [0.1, 0.15) is 27.6 Å². The van der Waals surface area contributed by atoms with Gasteiger partial charge in [0, 0.05) is 36.9 Å². The summed E-state index contributed by atoms with van der Waals surface area (Å²) in [5.41, 5.74) is 1.85. The summed E-state index contributed by atoms with van der Waals surface area (Å²) in [5, 5.41) is 0.708. The molecule has 0 bridgehead atoms. The van der Waals surface area contributed by atoms with E-state index in [1.54, 1.807) is 31.2 Å². The quantitative estimate of drug-likeness (QED) is 0.708. The summed E-state index contributed by atoms with van der Waals surface area (Å²) in [6, 6.07) is 13.6. The van der Waals surface area contributed by atoms with Crippen LogP contribution >= 0.6 is 11.6 Å². The molecule has 0 aliphatic carbocycles. The summed E-state index contributed by atoms with van der Waals surface area (Å²) in [4.78, 5) is 43.4. The Morgan fingerprint density at radius 1 is 0.931 bits per heavy atom. The highest BCUT2D eigenvalue weighted by atomic mass is 35.5. The first-order chi connectivity index (χ1) is 14.0. The van der Waals surface area contributed by atoms with Crippen molar-refractivity contribution in [1.82, 2.24) is 9.80 Å². The van der Waals surface area contributed by atoms with Crippen molar-refractivity contribution >= 4 is 34.9 Å². The number of halogens is 1. The molecule has 7 heteroatoms. The van der Waals surface area contributed by atoms with E-state index < -0.39 is 6.04 Å². The molecular formula is C22H22ClN3O3. The van der Waals surface area contributed by atoms with E-state index in [1.807, 2.05) is 24.3 Å². The molecule has 1 fully saturated rings. The molecule has 0 saturated carbocycles. The Bertz CT molecular complexity index is 917. The highest BCUT2D eigenvalue weighted by Gasteiger charge is 2.40. The average molecular weight is 412 g/mol. The van der Waals surface area contributed by atoms with Gasteiger partial charge in [-0.05, 0) is 43.3 Å². The minimum absolute atomic E-state index is 0.126. The summed E-state index contributed by atoms with van der Waals surface area (Å²) in [5.74, 6) is -0.905. The Labute approximate surface area is 174 Å². The molecule has 150 valence electrons. The van der Waals surface area contributed by atoms with Crippen molar-refractivity contribution in [2.45, 2.75) is 13.0 Å². The lowest BCUT2D eigenvalue weighted by atomic mass is 10.1. The zero-order chi connectivity index (χ0) is 20.5. The first-order valence-electron chi connectivity index (χ1n) is 9.68. The van der Waals surface area contributed by atoms with Gasteiger partial charge < -0.3 is 4.90 Å². The fourth-order valence-corrected chi connectivity index (χ4v) is 4.00. The van der Waals surface area contributed by atoms with Gasteiger partial charge in [0.2, 0.25) is 0 Å². The number of imide groups is 1. The predicted molar refractivity (Wildman–Crippen MR) is 112 cm³/mol. The lowest BCUT2D eigenvalue weighted by molar-refractivity contribution is -0.123. The topological polar surface area (TPSA) is 60.9 Å². The lowest BCUT2D eigenvalue weighted by Gasteiger charge is -2.36. The SMILES string of the molecule is CC(C(=O)CN1CCN(c2ccc(Cl)cc2)CC1)N1C(=O)c2ccccc2C1=O. The molecule has 2 aliphatic rings. The second kappa shape index (κ2) is 7.97. The van der Waals surface area contributed by atoms with Gasteiger partial charge in [-0.15, -0.1) is 0 Å². The third-order valence-electron chi connectivity index (χ3n) is 5.62. The van der Waals surface area contributed by atoms with E-state index in [4.69, 9.17) is 11.6 Å². The molecule has 6 nitrogen and oxygen atoms in total. The summed E-state index contributed by atoms with van der Waals surface area (Å²) in [6.45, 7) is 4.94. The molecule has 0 aromatic heterocycles. The molecule has 0 radical (unpaired) electrons. The predicted octanol–water partition coefficient (Wildman–Crippen LogP) is 2.72. The number of carbonyl (C=O) groups excluding carboxylic acids is 3. The van der Waals surface area contributed by atoms with Gasteiger partial charge in [-0.1, -0.05) is 23.7 Å². The van der Waals surface area contributed by atoms with Crippen LogP contribution in [0.2, 0.25) is 5.02 Å². The highest BCUT2D eigenvalue weighted by Crippen LogP contribution is 2.25. The van der Waals surface area contributed by atoms with E-state index in [0.29, 0.717) is 16.1 Å². The van der Waals surface area contributed by atoms with E-state index in [9.17, 15) is 14.4 Å². The number of hydrogen-bond donors (Lipinski definition) is 0. The highest BCUT2D eigenvalue weighted by molar-refractivity contribution is 6.30. The maximum atomic E-state index is 12.8. The van der Waals surface area contributed by atoms with Gasteiger partial charge in [-0.2, -0.15) is 0 Å². The lowest BCUT2D eigenvalue weighted by Crippen LogP contribution is -2.51. The van der Waals surface area contributed by atoms with Gasteiger partial charge in [-0.25, -0.2) is 0 Å². The van der Waals surface area contributed by atoms with Crippen LogP contribution in [0.3, 0.4) is 0 Å². The smallest absolute Gasteiger partial charge is 0.262 e. The number of rotatable bonds is 5. The number of ketones is 1. The zero-order valence-corrected chi connectivity index (χ0v) is 16.9. The largest absolute Gasteiger partial charge is 0.369 e. The first kappa shape index (κ1) is 19.6. The first-order valence-corrected chi connectivity index (χ1v) is 10.1. The molecule has 0 N–H and O–H groups in total. The number of benzene rings is 2. The minimum atomic E-state index is -0.781. The third-order valence-corrected chi connectivity index (χ3v) is 5.87. The van der Waals surface area contributed by atoms with E-state index in [-0.39, 0.29) is 24.1 Å². The maximum absolute atomic E-state index is 12.8. The van der Waals surface area contributed by atoms with Crippen molar-refractivity contribution in [1.29, 1.82) is 0 Å². The standard InChI is InChI=1S/C22H22ClN3O3/c1-15(26-21(28)18-4-2-3-5-19(18)22(26)29)20(27)14-24-10-12-25(13-11-24)17-8-6-16(23)7-9-17/h2-9,15H,10-14H2,1H3. The van der Waals surface area contributed by atoms with Gasteiger partial charge in [-0.3, -0.25) is 24.2 Å². The molecule has 1 atom stereocenters. The second-order valence-corrected chi connectivity index (χ2v) is 7.84. The monoisotopic (exact) mass is 411 g/mol. The molecule has 4 rings (SSSR count). The van der Waals surface area contributed by atoms with E-state index in [1.165, 1.54) is 0 Å². The fourth-order valence-electron chi connectivity index (χ4n) is 3.87. The molecule has 2 heterocycles. The van der Waals surface area contributed by atoms with Gasteiger partial charge in [0.15, 0.2) is 5.78 Å². The third kappa shape index (κ3) is 3.78. The minimum Gasteiger partial charge on any atom is -0.369 e. The Balaban J connectivity index is 1.35. The summed E-state index contributed by atoms with van der Waals surface area (Å²) in [7, 11) is 0. The molecule has 29 heavy (non-hydrogen) atoms. The van der Waals surface area contributed by atoms with E-state index in [2.05, 4.69) is 9.80 Å². The van der Waals surface area contributed by atoms with Crippen molar-refractivity contribution in [2.24, 2.45) is 0 Å². The normalized spacial score (nSPS) is 18.1. The summed E-state index contributed by atoms with van der Waals surface area (Å²) in [6.07, 6.45) is 0. The van der Waals surface area contributed by atoms with Crippen LogP contribution in [-0.4, -0.2) is 66.2 Å². The number of fused-ring (bicyclic) bond motifs is 1. The van der Waals surface area contributed by atoms with Crippen LogP contribution in [0.4, 0.5) is 5.69 Å². The number of anilines is 1.